The molecule has 1 aliphatic rings. The van der Waals surface area contributed by atoms with Gasteiger partial charge in [0.1, 0.15) is 0 Å². The standard InChI is InChI=1S/C11H10BrClO4/c1-15-9(14)3-6-2-8-11(17-5-16-8)7(4-13)10(6)12/h2H,3-5H2,1H3. The zero-order chi connectivity index (χ0) is 12.4. The summed E-state index contributed by atoms with van der Waals surface area (Å²) in [7, 11) is 1.35. The summed E-state index contributed by atoms with van der Waals surface area (Å²) in [5.74, 6) is 1.22. The van der Waals surface area contributed by atoms with Crippen LogP contribution in [0.5, 0.6) is 11.5 Å². The second kappa shape index (κ2) is 5.14. The molecule has 0 aromatic heterocycles. The molecule has 1 aromatic carbocycles. The lowest BCUT2D eigenvalue weighted by Crippen LogP contribution is -2.06. The Bertz CT molecular complexity index is 461. The van der Waals surface area contributed by atoms with Crippen LogP contribution in [0.15, 0.2) is 10.5 Å². The topological polar surface area (TPSA) is 44.8 Å². The number of carbonyl (C=O) groups excluding carboxylic acids is 1. The van der Waals surface area contributed by atoms with E-state index in [0.717, 1.165) is 15.6 Å². The van der Waals surface area contributed by atoms with Crippen molar-refractivity contribution in [2.45, 2.75) is 12.3 Å². The number of hydrogen-bond acceptors (Lipinski definition) is 4. The molecule has 1 aliphatic heterocycles. The minimum Gasteiger partial charge on any atom is -0.469 e. The maximum absolute atomic E-state index is 11.3. The minimum absolute atomic E-state index is 0.164. The van der Waals surface area contributed by atoms with E-state index < -0.39 is 0 Å². The molecule has 0 N–H and O–H groups in total. The van der Waals surface area contributed by atoms with Crippen LogP contribution in [0.4, 0.5) is 0 Å². The predicted molar refractivity (Wildman–Crippen MR) is 65.5 cm³/mol. The van der Waals surface area contributed by atoms with Crippen molar-refractivity contribution in [3.63, 3.8) is 0 Å². The Morgan fingerprint density at radius 1 is 1.59 bits per heavy atom. The molecule has 17 heavy (non-hydrogen) atoms. The van der Waals surface area contributed by atoms with Crippen molar-refractivity contribution in [1.29, 1.82) is 0 Å². The normalized spacial score (nSPS) is 12.6. The van der Waals surface area contributed by atoms with Gasteiger partial charge in [-0.2, -0.15) is 0 Å². The average Bonchev–Trinajstić information content (AvgIpc) is 2.77. The van der Waals surface area contributed by atoms with Crippen LogP contribution in [0.1, 0.15) is 11.1 Å². The van der Waals surface area contributed by atoms with E-state index in [1.807, 2.05) is 0 Å². The first-order valence-corrected chi connectivity index (χ1v) is 6.22. The summed E-state index contributed by atoms with van der Waals surface area (Å²) in [6.45, 7) is 0.174. The molecule has 0 spiro atoms. The van der Waals surface area contributed by atoms with Crippen LogP contribution < -0.4 is 9.47 Å². The van der Waals surface area contributed by atoms with E-state index in [-0.39, 0.29) is 25.1 Å². The molecule has 0 fully saturated rings. The molecule has 1 aromatic rings. The van der Waals surface area contributed by atoms with Crippen molar-refractivity contribution in [2.24, 2.45) is 0 Å². The highest BCUT2D eigenvalue weighted by Gasteiger charge is 2.23. The first kappa shape index (κ1) is 12.5. The van der Waals surface area contributed by atoms with E-state index >= 15 is 0 Å². The van der Waals surface area contributed by atoms with E-state index in [1.165, 1.54) is 7.11 Å². The summed E-state index contributed by atoms with van der Waals surface area (Å²) in [5.41, 5.74) is 1.57. The number of methoxy groups -OCH3 is 1. The van der Waals surface area contributed by atoms with Crippen LogP contribution >= 0.6 is 27.5 Å². The number of fused-ring (bicyclic) bond motifs is 1. The van der Waals surface area contributed by atoms with E-state index in [4.69, 9.17) is 21.1 Å². The quantitative estimate of drug-likeness (QED) is 0.634. The number of halogens is 2. The molecule has 92 valence electrons. The van der Waals surface area contributed by atoms with E-state index in [0.29, 0.717) is 11.5 Å². The maximum atomic E-state index is 11.3. The molecular formula is C11H10BrClO4. The van der Waals surface area contributed by atoms with Gasteiger partial charge in [-0.15, -0.1) is 11.6 Å². The van der Waals surface area contributed by atoms with E-state index in [9.17, 15) is 4.79 Å². The van der Waals surface area contributed by atoms with Crippen molar-refractivity contribution >= 4 is 33.5 Å². The maximum Gasteiger partial charge on any atom is 0.310 e. The molecule has 0 bridgehead atoms. The van der Waals surface area contributed by atoms with E-state index in [2.05, 4.69) is 20.7 Å². The van der Waals surface area contributed by atoms with Gasteiger partial charge < -0.3 is 14.2 Å². The Hall–Kier alpha value is -0.940. The lowest BCUT2D eigenvalue weighted by molar-refractivity contribution is -0.139. The molecule has 0 saturated heterocycles. The van der Waals surface area contributed by atoms with E-state index in [1.54, 1.807) is 6.07 Å². The molecule has 6 heteroatoms. The predicted octanol–water partition coefficient (Wildman–Crippen LogP) is 2.63. The molecule has 4 nitrogen and oxygen atoms in total. The fourth-order valence-corrected chi connectivity index (χ4v) is 2.61. The molecule has 0 aliphatic carbocycles. The van der Waals surface area contributed by atoms with Crippen molar-refractivity contribution in [3.8, 4) is 11.5 Å². The van der Waals surface area contributed by atoms with Crippen LogP contribution in [-0.2, 0) is 21.8 Å². The van der Waals surface area contributed by atoms with Crippen molar-refractivity contribution < 1.29 is 19.0 Å². The molecule has 0 amide bonds. The second-order valence-corrected chi connectivity index (χ2v) is 4.51. The second-order valence-electron chi connectivity index (χ2n) is 3.45. The summed E-state index contributed by atoms with van der Waals surface area (Å²) in [6.07, 6.45) is 0.164. The number of carbonyl (C=O) groups is 1. The number of rotatable bonds is 3. The van der Waals surface area contributed by atoms with Crippen molar-refractivity contribution in [1.82, 2.24) is 0 Å². The highest BCUT2D eigenvalue weighted by atomic mass is 79.9. The average molecular weight is 322 g/mol. The largest absolute Gasteiger partial charge is 0.469 e. The molecule has 1 heterocycles. The van der Waals surface area contributed by atoms with Gasteiger partial charge in [-0.1, -0.05) is 15.9 Å². The highest BCUT2D eigenvalue weighted by molar-refractivity contribution is 9.10. The van der Waals surface area contributed by atoms with Crippen LogP contribution in [-0.4, -0.2) is 19.9 Å². The van der Waals surface area contributed by atoms with Crippen LogP contribution in [0.25, 0.3) is 0 Å². The summed E-state index contributed by atoms with van der Waals surface area (Å²) < 4.78 is 16.0. The lowest BCUT2D eigenvalue weighted by atomic mass is 10.1. The fraction of sp³-hybridized carbons (Fsp3) is 0.364. The smallest absolute Gasteiger partial charge is 0.310 e. The summed E-state index contributed by atoms with van der Waals surface area (Å²) in [4.78, 5) is 11.3. The Balaban J connectivity index is 2.43. The number of ether oxygens (including phenoxy) is 3. The third-order valence-electron chi connectivity index (χ3n) is 2.46. The van der Waals surface area contributed by atoms with Crippen LogP contribution in [0, 0.1) is 0 Å². The monoisotopic (exact) mass is 320 g/mol. The Kier molecular flexibility index (Phi) is 3.79. The number of alkyl halides is 1. The molecule has 0 atom stereocenters. The van der Waals surface area contributed by atoms with Gasteiger partial charge in [-0.25, -0.2) is 0 Å². The molecular weight excluding hydrogens is 311 g/mol. The molecule has 0 unspecified atom stereocenters. The van der Waals surface area contributed by atoms with Gasteiger partial charge in [-0.3, -0.25) is 4.79 Å². The summed E-state index contributed by atoms with van der Waals surface area (Å²) in [5, 5.41) is 0. The fourth-order valence-electron chi connectivity index (χ4n) is 1.62. The Morgan fingerprint density at radius 3 is 3.00 bits per heavy atom. The van der Waals surface area contributed by atoms with Gasteiger partial charge in [0, 0.05) is 10.0 Å². The zero-order valence-corrected chi connectivity index (χ0v) is 11.4. The third-order valence-corrected chi connectivity index (χ3v) is 3.72. The highest BCUT2D eigenvalue weighted by Crippen LogP contribution is 2.42. The number of benzene rings is 1. The van der Waals surface area contributed by atoms with Crippen molar-refractivity contribution in [3.05, 3.63) is 21.7 Å². The Morgan fingerprint density at radius 2 is 2.35 bits per heavy atom. The first-order chi connectivity index (χ1) is 8.17. The van der Waals surface area contributed by atoms with Crippen LogP contribution in [0.3, 0.4) is 0 Å². The molecule has 0 radical (unpaired) electrons. The van der Waals surface area contributed by atoms with Gasteiger partial charge in [0.05, 0.1) is 19.4 Å². The lowest BCUT2D eigenvalue weighted by Gasteiger charge is -2.10. The van der Waals surface area contributed by atoms with Gasteiger partial charge in [0.25, 0.3) is 0 Å². The Labute approximate surface area is 112 Å². The number of hydrogen-bond donors (Lipinski definition) is 0. The molecule has 0 saturated carbocycles. The first-order valence-electron chi connectivity index (χ1n) is 4.90. The summed E-state index contributed by atoms with van der Waals surface area (Å²) >= 11 is 9.30. The molecule has 2 rings (SSSR count). The number of esters is 1. The van der Waals surface area contributed by atoms with Gasteiger partial charge in [0.15, 0.2) is 11.5 Å². The SMILES string of the molecule is COC(=O)Cc1cc2c(c(CCl)c1Br)OCO2. The van der Waals surface area contributed by atoms with Gasteiger partial charge in [0.2, 0.25) is 6.79 Å². The van der Waals surface area contributed by atoms with Crippen molar-refractivity contribution in [2.75, 3.05) is 13.9 Å². The summed E-state index contributed by atoms with van der Waals surface area (Å²) in [6, 6.07) is 1.76. The minimum atomic E-state index is -0.315. The zero-order valence-electron chi connectivity index (χ0n) is 9.09. The van der Waals surface area contributed by atoms with Crippen LogP contribution in [0.2, 0.25) is 0 Å². The van der Waals surface area contributed by atoms with Gasteiger partial charge >= 0.3 is 5.97 Å². The third kappa shape index (κ3) is 2.35. The van der Waals surface area contributed by atoms with Gasteiger partial charge in [-0.05, 0) is 11.6 Å².